The van der Waals surface area contributed by atoms with Gasteiger partial charge in [0.1, 0.15) is 0 Å². The number of amides is 1. The lowest BCUT2D eigenvalue weighted by Gasteiger charge is -2.26. The van der Waals surface area contributed by atoms with Crippen molar-refractivity contribution in [2.45, 2.75) is 45.1 Å². The standard InChI is InChI=1S/C12H22N2O.ClH/c1-2-14(8-9-6-7-9)12(15)10-4-3-5-11(10)13;/h9-11H,2-8,13H2,1H3;1H. The summed E-state index contributed by atoms with van der Waals surface area (Å²) < 4.78 is 0. The van der Waals surface area contributed by atoms with Gasteiger partial charge in [-0.25, -0.2) is 0 Å². The lowest BCUT2D eigenvalue weighted by molar-refractivity contribution is -0.135. The summed E-state index contributed by atoms with van der Waals surface area (Å²) in [6, 6.07) is 0.116. The molecule has 2 aliphatic rings. The molecule has 2 aliphatic carbocycles. The minimum Gasteiger partial charge on any atom is -0.342 e. The Bertz CT molecular complexity index is 243. The van der Waals surface area contributed by atoms with E-state index in [9.17, 15) is 4.79 Å². The van der Waals surface area contributed by atoms with Crippen molar-refractivity contribution < 1.29 is 4.79 Å². The number of nitrogens with two attached hydrogens (primary N) is 1. The third-order valence-corrected chi connectivity index (χ3v) is 3.76. The molecule has 2 rings (SSSR count). The minimum absolute atomic E-state index is 0. The summed E-state index contributed by atoms with van der Waals surface area (Å²) in [6.45, 7) is 3.89. The molecule has 1 amide bonds. The van der Waals surface area contributed by atoms with Gasteiger partial charge in [-0.05, 0) is 38.5 Å². The Morgan fingerprint density at radius 3 is 2.44 bits per heavy atom. The Morgan fingerprint density at radius 1 is 1.31 bits per heavy atom. The molecule has 2 saturated carbocycles. The first-order chi connectivity index (χ1) is 7.22. The molecule has 0 aromatic rings. The van der Waals surface area contributed by atoms with E-state index >= 15 is 0 Å². The number of halogens is 1. The lowest BCUT2D eigenvalue weighted by atomic mass is 10.0. The monoisotopic (exact) mass is 246 g/mol. The van der Waals surface area contributed by atoms with Gasteiger partial charge in [0.2, 0.25) is 5.91 Å². The van der Waals surface area contributed by atoms with Crippen LogP contribution >= 0.6 is 12.4 Å². The topological polar surface area (TPSA) is 46.3 Å². The zero-order chi connectivity index (χ0) is 10.8. The Kier molecular flexibility index (Phi) is 5.06. The molecule has 4 heteroatoms. The lowest BCUT2D eigenvalue weighted by Crippen LogP contribution is -2.42. The molecular weight excluding hydrogens is 224 g/mol. The van der Waals surface area contributed by atoms with Gasteiger partial charge in [-0.15, -0.1) is 12.4 Å². The molecule has 0 saturated heterocycles. The van der Waals surface area contributed by atoms with E-state index in [0.29, 0.717) is 5.91 Å². The van der Waals surface area contributed by atoms with Gasteiger partial charge in [0.05, 0.1) is 5.92 Å². The predicted octanol–water partition coefficient (Wildman–Crippen LogP) is 1.79. The van der Waals surface area contributed by atoms with Gasteiger partial charge in [-0.3, -0.25) is 4.79 Å². The first kappa shape index (κ1) is 13.8. The van der Waals surface area contributed by atoms with Gasteiger partial charge in [0.15, 0.2) is 0 Å². The van der Waals surface area contributed by atoms with Gasteiger partial charge >= 0.3 is 0 Å². The zero-order valence-corrected chi connectivity index (χ0v) is 10.8. The Balaban J connectivity index is 0.00000128. The number of carbonyl (C=O) groups is 1. The fourth-order valence-electron chi connectivity index (χ4n) is 2.52. The molecule has 2 atom stereocenters. The second kappa shape index (κ2) is 5.87. The van der Waals surface area contributed by atoms with Crippen LogP contribution in [0.15, 0.2) is 0 Å². The van der Waals surface area contributed by atoms with Crippen LogP contribution < -0.4 is 5.73 Å². The summed E-state index contributed by atoms with van der Waals surface area (Å²) in [5.41, 5.74) is 5.97. The normalized spacial score (nSPS) is 28.6. The molecule has 16 heavy (non-hydrogen) atoms. The highest BCUT2D eigenvalue weighted by Crippen LogP contribution is 2.31. The van der Waals surface area contributed by atoms with Crippen molar-refractivity contribution in [3.63, 3.8) is 0 Å². The number of hydrogen-bond donors (Lipinski definition) is 1. The largest absolute Gasteiger partial charge is 0.342 e. The Hall–Kier alpha value is -0.280. The predicted molar refractivity (Wildman–Crippen MR) is 67.5 cm³/mol. The third kappa shape index (κ3) is 3.11. The molecule has 0 spiro atoms. The maximum atomic E-state index is 12.2. The van der Waals surface area contributed by atoms with Crippen LogP contribution in [0.5, 0.6) is 0 Å². The highest BCUT2D eigenvalue weighted by molar-refractivity contribution is 5.85. The van der Waals surface area contributed by atoms with Gasteiger partial charge in [0, 0.05) is 19.1 Å². The maximum absolute atomic E-state index is 12.2. The molecule has 0 bridgehead atoms. The van der Waals surface area contributed by atoms with Crippen LogP contribution in [0.2, 0.25) is 0 Å². The van der Waals surface area contributed by atoms with E-state index in [-0.39, 0.29) is 24.4 Å². The smallest absolute Gasteiger partial charge is 0.227 e. The average molecular weight is 247 g/mol. The highest BCUT2D eigenvalue weighted by atomic mass is 35.5. The van der Waals surface area contributed by atoms with Gasteiger partial charge in [-0.1, -0.05) is 6.42 Å². The van der Waals surface area contributed by atoms with Crippen molar-refractivity contribution in [3.8, 4) is 0 Å². The average Bonchev–Trinajstić information content (AvgIpc) is 2.95. The van der Waals surface area contributed by atoms with Crippen LogP contribution in [-0.2, 0) is 4.79 Å². The molecule has 94 valence electrons. The molecule has 0 aromatic carbocycles. The molecule has 3 nitrogen and oxygen atoms in total. The first-order valence-corrected chi connectivity index (χ1v) is 6.26. The van der Waals surface area contributed by atoms with E-state index in [0.717, 1.165) is 38.3 Å². The summed E-state index contributed by atoms with van der Waals surface area (Å²) in [7, 11) is 0. The van der Waals surface area contributed by atoms with Gasteiger partial charge in [0.25, 0.3) is 0 Å². The SMILES string of the molecule is CCN(CC1CC1)C(=O)C1CCCC1N.Cl. The molecule has 0 aromatic heterocycles. The molecule has 0 heterocycles. The Morgan fingerprint density at radius 2 is 2.00 bits per heavy atom. The fourth-order valence-corrected chi connectivity index (χ4v) is 2.52. The van der Waals surface area contributed by atoms with Crippen LogP contribution in [0.25, 0.3) is 0 Å². The molecular formula is C12H23ClN2O. The van der Waals surface area contributed by atoms with E-state index in [2.05, 4.69) is 6.92 Å². The maximum Gasteiger partial charge on any atom is 0.227 e. The number of hydrogen-bond acceptors (Lipinski definition) is 2. The van der Waals surface area contributed by atoms with E-state index < -0.39 is 0 Å². The molecule has 0 radical (unpaired) electrons. The van der Waals surface area contributed by atoms with E-state index in [4.69, 9.17) is 5.73 Å². The second-order valence-corrected chi connectivity index (χ2v) is 5.02. The molecule has 0 aliphatic heterocycles. The number of rotatable bonds is 4. The minimum atomic E-state index is 0. The molecule has 2 fully saturated rings. The number of nitrogens with zero attached hydrogens (tertiary/aromatic N) is 1. The first-order valence-electron chi connectivity index (χ1n) is 6.26. The van der Waals surface area contributed by atoms with Crippen molar-refractivity contribution in [3.05, 3.63) is 0 Å². The summed E-state index contributed by atoms with van der Waals surface area (Å²) in [6.07, 6.45) is 5.76. The third-order valence-electron chi connectivity index (χ3n) is 3.76. The van der Waals surface area contributed by atoms with Crippen LogP contribution in [0.3, 0.4) is 0 Å². The summed E-state index contributed by atoms with van der Waals surface area (Å²) >= 11 is 0. The Labute approximate surface area is 104 Å². The van der Waals surface area contributed by atoms with Crippen molar-refractivity contribution >= 4 is 18.3 Å². The zero-order valence-electron chi connectivity index (χ0n) is 10.0. The quantitative estimate of drug-likeness (QED) is 0.822. The van der Waals surface area contributed by atoms with Gasteiger partial charge < -0.3 is 10.6 Å². The van der Waals surface area contributed by atoms with E-state index in [1.165, 1.54) is 12.8 Å². The summed E-state index contributed by atoms with van der Waals surface area (Å²) in [5.74, 6) is 1.21. The van der Waals surface area contributed by atoms with E-state index in [1.807, 2.05) is 4.90 Å². The number of carbonyl (C=O) groups excluding carboxylic acids is 1. The molecule has 2 unspecified atom stereocenters. The van der Waals surface area contributed by atoms with E-state index in [1.54, 1.807) is 0 Å². The van der Waals surface area contributed by atoms with Crippen LogP contribution in [-0.4, -0.2) is 29.9 Å². The van der Waals surface area contributed by atoms with Crippen molar-refractivity contribution in [1.82, 2.24) is 4.90 Å². The second-order valence-electron chi connectivity index (χ2n) is 5.02. The summed E-state index contributed by atoms with van der Waals surface area (Å²) in [4.78, 5) is 14.2. The van der Waals surface area contributed by atoms with Crippen molar-refractivity contribution in [2.24, 2.45) is 17.6 Å². The summed E-state index contributed by atoms with van der Waals surface area (Å²) in [5, 5.41) is 0. The fraction of sp³-hybridized carbons (Fsp3) is 0.917. The van der Waals surface area contributed by atoms with Crippen LogP contribution in [0.1, 0.15) is 39.0 Å². The molecule has 2 N–H and O–H groups in total. The van der Waals surface area contributed by atoms with Crippen molar-refractivity contribution in [1.29, 1.82) is 0 Å². The van der Waals surface area contributed by atoms with Crippen molar-refractivity contribution in [2.75, 3.05) is 13.1 Å². The van der Waals surface area contributed by atoms with Crippen LogP contribution in [0.4, 0.5) is 0 Å². The van der Waals surface area contributed by atoms with Gasteiger partial charge in [-0.2, -0.15) is 0 Å². The highest BCUT2D eigenvalue weighted by Gasteiger charge is 2.34. The van der Waals surface area contributed by atoms with Crippen LogP contribution in [0, 0.1) is 11.8 Å².